The minimum absolute atomic E-state index is 0.198. The second kappa shape index (κ2) is 5.26. The van der Waals surface area contributed by atoms with Crippen LogP contribution in [0.3, 0.4) is 0 Å². The van der Waals surface area contributed by atoms with Gasteiger partial charge < -0.3 is 5.11 Å². The molecular weight excluding hydrogens is 191 g/mol. The average Bonchev–Trinajstić information content (AvgIpc) is 2.18. The van der Waals surface area contributed by atoms with Crippen molar-refractivity contribution in [3.8, 4) is 0 Å². The van der Waals surface area contributed by atoms with Gasteiger partial charge in [-0.1, -0.05) is 19.4 Å². The molecule has 84 valence electrons. The summed E-state index contributed by atoms with van der Waals surface area (Å²) in [6, 6.07) is 4.84. The number of aliphatic hydroxyl groups excluding tert-OH is 1. The van der Waals surface area contributed by atoms with Gasteiger partial charge in [0.2, 0.25) is 0 Å². The summed E-state index contributed by atoms with van der Waals surface area (Å²) in [6.07, 6.45) is 1.32. The lowest BCUT2D eigenvalue weighted by molar-refractivity contribution is 0.123. The molecular formula is C13H19FO. The summed E-state index contributed by atoms with van der Waals surface area (Å²) in [5.41, 5.74) is 2.10. The predicted octanol–water partition coefficient (Wildman–Crippen LogP) is 3.08. The first kappa shape index (κ1) is 12.2. The van der Waals surface area contributed by atoms with Gasteiger partial charge in [-0.05, 0) is 49.4 Å². The molecule has 0 fully saturated rings. The Morgan fingerprint density at radius 2 is 2.07 bits per heavy atom. The first-order valence-corrected chi connectivity index (χ1v) is 5.47. The van der Waals surface area contributed by atoms with E-state index in [-0.39, 0.29) is 17.8 Å². The molecule has 2 heteroatoms. The lowest BCUT2D eigenvalue weighted by Crippen LogP contribution is -2.18. The van der Waals surface area contributed by atoms with Crippen LogP contribution in [0.25, 0.3) is 0 Å². The van der Waals surface area contributed by atoms with Crippen molar-refractivity contribution in [2.24, 2.45) is 5.92 Å². The number of aryl methyl sites for hydroxylation is 1. The van der Waals surface area contributed by atoms with E-state index in [2.05, 4.69) is 0 Å². The summed E-state index contributed by atoms with van der Waals surface area (Å²) in [4.78, 5) is 0. The quantitative estimate of drug-likeness (QED) is 0.809. The lowest BCUT2D eigenvalue weighted by Gasteiger charge is -2.19. The van der Waals surface area contributed by atoms with Crippen LogP contribution in [0.4, 0.5) is 4.39 Å². The Morgan fingerprint density at radius 3 is 2.60 bits per heavy atom. The van der Waals surface area contributed by atoms with E-state index in [1.165, 1.54) is 6.07 Å². The molecule has 1 aromatic rings. The smallest absolute Gasteiger partial charge is 0.123 e. The van der Waals surface area contributed by atoms with Gasteiger partial charge in [0.15, 0.2) is 0 Å². The van der Waals surface area contributed by atoms with Crippen molar-refractivity contribution in [1.82, 2.24) is 0 Å². The number of halogens is 1. The molecule has 0 saturated carbocycles. The van der Waals surface area contributed by atoms with E-state index in [1.807, 2.05) is 13.8 Å². The Bertz CT molecular complexity index is 320. The van der Waals surface area contributed by atoms with Crippen LogP contribution in [0.5, 0.6) is 0 Å². The van der Waals surface area contributed by atoms with Crippen molar-refractivity contribution in [2.75, 3.05) is 0 Å². The number of hydrogen-bond donors (Lipinski definition) is 1. The Balaban J connectivity index is 2.82. The molecule has 1 rings (SSSR count). The second-order valence-electron chi connectivity index (χ2n) is 4.18. The maximum atomic E-state index is 13.0. The van der Waals surface area contributed by atoms with Crippen LogP contribution in [0, 0.1) is 18.7 Å². The van der Waals surface area contributed by atoms with Crippen molar-refractivity contribution >= 4 is 0 Å². The highest BCUT2D eigenvalue weighted by Crippen LogP contribution is 2.19. The third-order valence-electron chi connectivity index (χ3n) is 3.00. The molecule has 15 heavy (non-hydrogen) atoms. The molecule has 1 aromatic carbocycles. The van der Waals surface area contributed by atoms with Crippen LogP contribution < -0.4 is 0 Å². The first-order chi connectivity index (χ1) is 7.04. The van der Waals surface area contributed by atoms with E-state index in [0.717, 1.165) is 24.0 Å². The summed E-state index contributed by atoms with van der Waals surface area (Å²) < 4.78 is 13.0. The maximum Gasteiger partial charge on any atom is 0.123 e. The molecule has 0 aliphatic heterocycles. The largest absolute Gasteiger partial charge is 0.393 e. The SMILES string of the molecule is CCC(Cc1cc(F)ccc1C)C(C)O. The molecule has 2 atom stereocenters. The second-order valence-corrected chi connectivity index (χ2v) is 4.18. The molecule has 0 aliphatic rings. The first-order valence-electron chi connectivity index (χ1n) is 5.47. The summed E-state index contributed by atoms with van der Waals surface area (Å²) in [5, 5.41) is 9.54. The molecule has 0 bridgehead atoms. The highest BCUT2D eigenvalue weighted by molar-refractivity contribution is 5.27. The zero-order chi connectivity index (χ0) is 11.4. The van der Waals surface area contributed by atoms with Gasteiger partial charge in [0.05, 0.1) is 6.10 Å². The Kier molecular flexibility index (Phi) is 4.28. The molecule has 0 aliphatic carbocycles. The van der Waals surface area contributed by atoms with Crippen LogP contribution in [-0.2, 0) is 6.42 Å². The average molecular weight is 210 g/mol. The highest BCUT2D eigenvalue weighted by atomic mass is 19.1. The van der Waals surface area contributed by atoms with Crippen molar-refractivity contribution in [2.45, 2.75) is 39.7 Å². The summed E-state index contributed by atoms with van der Waals surface area (Å²) in [5.74, 6) is 0.0153. The maximum absolute atomic E-state index is 13.0. The molecule has 0 heterocycles. The van der Waals surface area contributed by atoms with Crippen molar-refractivity contribution in [3.05, 3.63) is 35.1 Å². The van der Waals surface area contributed by atoms with E-state index in [4.69, 9.17) is 0 Å². The molecule has 1 N–H and O–H groups in total. The van der Waals surface area contributed by atoms with E-state index in [0.29, 0.717) is 0 Å². The summed E-state index contributed by atoms with van der Waals surface area (Å²) in [6.45, 7) is 5.82. The topological polar surface area (TPSA) is 20.2 Å². The minimum atomic E-state index is -0.335. The van der Waals surface area contributed by atoms with Gasteiger partial charge in [-0.25, -0.2) is 4.39 Å². The van der Waals surface area contributed by atoms with Crippen molar-refractivity contribution in [1.29, 1.82) is 0 Å². The van der Waals surface area contributed by atoms with Gasteiger partial charge in [0.25, 0.3) is 0 Å². The monoisotopic (exact) mass is 210 g/mol. The van der Waals surface area contributed by atoms with Gasteiger partial charge in [-0.15, -0.1) is 0 Å². The normalized spacial score (nSPS) is 15.0. The van der Waals surface area contributed by atoms with Gasteiger partial charge in [-0.3, -0.25) is 0 Å². The molecule has 0 spiro atoms. The Morgan fingerprint density at radius 1 is 1.40 bits per heavy atom. The number of hydrogen-bond acceptors (Lipinski definition) is 1. The molecule has 0 saturated heterocycles. The zero-order valence-electron chi connectivity index (χ0n) is 9.63. The van der Waals surface area contributed by atoms with Crippen LogP contribution >= 0.6 is 0 Å². The fourth-order valence-electron chi connectivity index (χ4n) is 1.80. The summed E-state index contributed by atoms with van der Waals surface area (Å²) in [7, 11) is 0. The summed E-state index contributed by atoms with van der Waals surface area (Å²) >= 11 is 0. The molecule has 0 aromatic heterocycles. The van der Waals surface area contributed by atoms with Crippen LogP contribution in [0.2, 0.25) is 0 Å². The van der Waals surface area contributed by atoms with Crippen molar-refractivity contribution in [3.63, 3.8) is 0 Å². The minimum Gasteiger partial charge on any atom is -0.393 e. The number of benzene rings is 1. The molecule has 1 nitrogen and oxygen atoms in total. The fourth-order valence-corrected chi connectivity index (χ4v) is 1.80. The van der Waals surface area contributed by atoms with Crippen LogP contribution in [0.15, 0.2) is 18.2 Å². The standard InChI is InChI=1S/C13H19FO/c1-4-11(10(3)15)7-12-8-13(14)6-5-9(12)2/h5-6,8,10-11,15H,4,7H2,1-3H3. The predicted molar refractivity (Wildman–Crippen MR) is 60.3 cm³/mol. The highest BCUT2D eigenvalue weighted by Gasteiger charge is 2.14. The van der Waals surface area contributed by atoms with E-state index in [9.17, 15) is 9.50 Å². The lowest BCUT2D eigenvalue weighted by atomic mass is 9.90. The molecule has 0 amide bonds. The Hall–Kier alpha value is -0.890. The third-order valence-corrected chi connectivity index (χ3v) is 3.00. The van der Waals surface area contributed by atoms with E-state index in [1.54, 1.807) is 19.1 Å². The number of aliphatic hydroxyl groups is 1. The van der Waals surface area contributed by atoms with Crippen LogP contribution in [-0.4, -0.2) is 11.2 Å². The van der Waals surface area contributed by atoms with Crippen molar-refractivity contribution < 1.29 is 9.50 Å². The van der Waals surface area contributed by atoms with E-state index < -0.39 is 0 Å². The van der Waals surface area contributed by atoms with Gasteiger partial charge in [0, 0.05) is 0 Å². The fraction of sp³-hybridized carbons (Fsp3) is 0.538. The Labute approximate surface area is 90.9 Å². The molecule has 0 radical (unpaired) electrons. The molecule has 2 unspecified atom stereocenters. The number of rotatable bonds is 4. The van der Waals surface area contributed by atoms with Gasteiger partial charge in [0.1, 0.15) is 5.82 Å². The van der Waals surface area contributed by atoms with Gasteiger partial charge in [-0.2, -0.15) is 0 Å². The van der Waals surface area contributed by atoms with Crippen LogP contribution in [0.1, 0.15) is 31.4 Å². The third kappa shape index (κ3) is 3.31. The van der Waals surface area contributed by atoms with Gasteiger partial charge >= 0.3 is 0 Å². The van der Waals surface area contributed by atoms with E-state index >= 15 is 0 Å². The zero-order valence-corrected chi connectivity index (χ0v) is 9.63.